The maximum atomic E-state index is 11.8. The van der Waals surface area contributed by atoms with Gasteiger partial charge in [0.15, 0.2) is 30.4 Å². The van der Waals surface area contributed by atoms with Gasteiger partial charge < -0.3 is 32.5 Å². The molecule has 1 unspecified atom stereocenters. The van der Waals surface area contributed by atoms with Crippen molar-refractivity contribution in [2.75, 3.05) is 7.11 Å². The highest BCUT2D eigenvalue weighted by Gasteiger charge is 2.28. The molecule has 1 atom stereocenters. The first-order chi connectivity index (χ1) is 24.1. The molecule has 49 heavy (non-hydrogen) atoms. The van der Waals surface area contributed by atoms with Crippen molar-refractivity contribution >= 4 is 36.1 Å². The summed E-state index contributed by atoms with van der Waals surface area (Å²) in [5.41, 5.74) is 1.77. The number of carbonyl (C=O) groups excluding carboxylic acids is 3. The Morgan fingerprint density at radius 3 is 1.45 bits per heavy atom. The largest absolute Gasteiger partial charge is 0.530 e. The lowest BCUT2D eigenvalue weighted by Crippen LogP contribution is -2.08. The Labute approximate surface area is 284 Å². The van der Waals surface area contributed by atoms with E-state index in [2.05, 4.69) is 0 Å². The molecule has 0 heterocycles. The Bertz CT molecular complexity index is 1830. The van der Waals surface area contributed by atoms with E-state index in [4.69, 9.17) is 31.9 Å². The molecular weight excluding hydrogens is 670 g/mol. The summed E-state index contributed by atoms with van der Waals surface area (Å²) in [6, 6.07) is 31.7. The van der Waals surface area contributed by atoms with Crippen molar-refractivity contribution in [3.05, 3.63) is 143 Å². The third kappa shape index (κ3) is 9.19. The van der Waals surface area contributed by atoms with E-state index in [0.717, 1.165) is 0 Å². The summed E-state index contributed by atoms with van der Waals surface area (Å²) in [4.78, 5) is 35.2. The van der Waals surface area contributed by atoms with E-state index in [9.17, 15) is 19.5 Å². The Balaban J connectivity index is 1.47. The van der Waals surface area contributed by atoms with E-state index in [-0.39, 0.29) is 52.9 Å². The van der Waals surface area contributed by atoms with Gasteiger partial charge in [-0.05, 0) is 48.5 Å². The summed E-state index contributed by atoms with van der Waals surface area (Å²) in [5, 5.41) is 9.92. The molecule has 250 valence electrons. The van der Waals surface area contributed by atoms with Gasteiger partial charge in [-0.2, -0.15) is 0 Å². The lowest BCUT2D eigenvalue weighted by molar-refractivity contribution is 0.111. The first-order valence-corrected chi connectivity index (χ1v) is 16.9. The molecule has 11 nitrogen and oxygen atoms in total. The number of rotatable bonds is 18. The lowest BCUT2D eigenvalue weighted by Gasteiger charge is -2.23. The van der Waals surface area contributed by atoms with Gasteiger partial charge in [-0.25, -0.2) is 0 Å². The highest BCUT2D eigenvalue weighted by Crippen LogP contribution is 2.49. The third-order valence-electron chi connectivity index (χ3n) is 6.74. The maximum Gasteiger partial charge on any atom is 0.530 e. The van der Waals surface area contributed by atoms with Gasteiger partial charge in [0.2, 0.25) is 0 Å². The van der Waals surface area contributed by atoms with Crippen LogP contribution in [0.3, 0.4) is 0 Å². The molecule has 0 bridgehead atoms. The van der Waals surface area contributed by atoms with Crippen LogP contribution in [0.15, 0.2) is 115 Å². The number of hydrogen-bond acceptors (Lipinski definition) is 11. The van der Waals surface area contributed by atoms with Crippen molar-refractivity contribution < 1.29 is 51.4 Å². The van der Waals surface area contributed by atoms with Gasteiger partial charge in [0, 0.05) is 11.1 Å². The number of methoxy groups -OCH3 is 1. The van der Waals surface area contributed by atoms with Gasteiger partial charge >= 0.3 is 17.2 Å². The highest BCUT2D eigenvalue weighted by atomic mass is 31.2. The van der Waals surface area contributed by atoms with Crippen molar-refractivity contribution in [1.82, 2.24) is 0 Å². The van der Waals surface area contributed by atoms with Crippen LogP contribution in [0.1, 0.15) is 42.2 Å². The summed E-state index contributed by atoms with van der Waals surface area (Å²) in [6.45, 7) is -0.464. The van der Waals surface area contributed by atoms with Gasteiger partial charge in [-0.1, -0.05) is 66.7 Å². The van der Waals surface area contributed by atoms with Crippen LogP contribution in [-0.4, -0.2) is 31.1 Å². The van der Waals surface area contributed by atoms with E-state index in [1.165, 1.54) is 7.11 Å². The smallest absolute Gasteiger partial charge is 0.493 e. The molecule has 1 N–H and O–H groups in total. The topological polar surface area (TPSA) is 136 Å². The number of benzene rings is 5. The second kappa shape index (κ2) is 17.7. The molecule has 0 amide bonds. The molecule has 13 heteroatoms. The molecule has 0 aromatic heterocycles. The summed E-state index contributed by atoms with van der Waals surface area (Å²) >= 11 is 0. The standard InChI is InChI=1S/C36H30O11P2/c1-41-35-20-10-15-30(25-42-48(43-31-16-6-2-11-26(31)21-37)44-32-17-7-3-12-27(32)22-38)36(35)47-49(45-33-18-8-4-13-28(33)23-39)46-34-19-9-5-14-29(34)24-40/h2-23,40H,24-25H2,1H3. The summed E-state index contributed by atoms with van der Waals surface area (Å²) in [7, 11) is -3.13. The van der Waals surface area contributed by atoms with E-state index < -0.39 is 17.2 Å². The fraction of sp³-hybridized carbons (Fsp3) is 0.0833. The van der Waals surface area contributed by atoms with Crippen LogP contribution in [0.2, 0.25) is 0 Å². The Hall–Kier alpha value is -5.31. The maximum absolute atomic E-state index is 11.8. The molecule has 0 spiro atoms. The van der Waals surface area contributed by atoms with Crippen molar-refractivity contribution in [3.63, 3.8) is 0 Å². The quantitative estimate of drug-likeness (QED) is 0.0698. The van der Waals surface area contributed by atoms with Crippen molar-refractivity contribution in [3.8, 4) is 34.5 Å². The lowest BCUT2D eigenvalue weighted by atomic mass is 10.2. The van der Waals surface area contributed by atoms with Crippen LogP contribution in [0.4, 0.5) is 0 Å². The van der Waals surface area contributed by atoms with E-state index in [1.54, 1.807) is 115 Å². The minimum atomic E-state index is -2.33. The fourth-order valence-corrected chi connectivity index (χ4v) is 6.47. The molecule has 0 aliphatic rings. The van der Waals surface area contributed by atoms with E-state index in [1.807, 2.05) is 0 Å². The Morgan fingerprint density at radius 1 is 0.510 bits per heavy atom. The average molecular weight is 701 g/mol. The number of para-hydroxylation sites is 5. The summed E-state index contributed by atoms with van der Waals surface area (Å²) < 4.78 is 42.6. The number of carbonyl (C=O) groups is 3. The monoisotopic (exact) mass is 700 g/mol. The molecule has 5 aromatic carbocycles. The predicted molar refractivity (Wildman–Crippen MR) is 183 cm³/mol. The second-order valence-electron chi connectivity index (χ2n) is 9.86. The van der Waals surface area contributed by atoms with Crippen molar-refractivity contribution in [1.29, 1.82) is 0 Å². The zero-order valence-electron chi connectivity index (χ0n) is 26.0. The second-order valence-corrected chi connectivity index (χ2v) is 11.9. The van der Waals surface area contributed by atoms with Gasteiger partial charge in [-0.3, -0.25) is 18.9 Å². The van der Waals surface area contributed by atoms with Gasteiger partial charge in [0.1, 0.15) is 23.0 Å². The molecule has 0 aliphatic carbocycles. The molecule has 5 aromatic rings. The third-order valence-corrected chi connectivity index (χ3v) is 8.80. The average Bonchev–Trinajstić information content (AvgIpc) is 3.15. The Morgan fingerprint density at radius 2 is 0.939 bits per heavy atom. The molecular formula is C36H30O11P2. The van der Waals surface area contributed by atoms with E-state index in [0.29, 0.717) is 41.5 Å². The molecule has 0 aliphatic heterocycles. The minimum absolute atomic E-state index is 0.161. The number of aliphatic hydroxyl groups excluding tert-OH is 1. The van der Waals surface area contributed by atoms with Crippen LogP contribution in [0.5, 0.6) is 34.5 Å². The minimum Gasteiger partial charge on any atom is -0.493 e. The number of ether oxygens (including phenoxy) is 1. The fourth-order valence-electron chi connectivity index (χ4n) is 4.29. The van der Waals surface area contributed by atoms with Crippen LogP contribution in [-0.2, 0) is 17.7 Å². The van der Waals surface area contributed by atoms with Crippen molar-refractivity contribution in [2.24, 2.45) is 0 Å². The van der Waals surface area contributed by atoms with Gasteiger partial charge in [-0.15, -0.1) is 0 Å². The predicted octanol–water partition coefficient (Wildman–Crippen LogP) is 8.29. The van der Waals surface area contributed by atoms with Crippen LogP contribution < -0.4 is 27.4 Å². The normalized spacial score (nSPS) is 11.2. The first-order valence-electron chi connectivity index (χ1n) is 14.7. The van der Waals surface area contributed by atoms with Crippen LogP contribution >= 0.6 is 17.2 Å². The van der Waals surface area contributed by atoms with Crippen LogP contribution in [0, 0.1) is 0 Å². The van der Waals surface area contributed by atoms with Gasteiger partial charge in [0.25, 0.3) is 0 Å². The Kier molecular flexibility index (Phi) is 12.7. The highest BCUT2D eigenvalue weighted by molar-refractivity contribution is 7.43. The molecule has 0 saturated carbocycles. The molecule has 0 fully saturated rings. The molecule has 5 rings (SSSR count). The zero-order chi connectivity index (χ0) is 34.4. The summed E-state index contributed by atoms with van der Waals surface area (Å²) in [6.07, 6.45) is 1.95. The molecule has 0 radical (unpaired) electrons. The zero-order valence-corrected chi connectivity index (χ0v) is 27.8. The summed E-state index contributed by atoms with van der Waals surface area (Å²) in [5.74, 6) is 1.46. The first kappa shape index (κ1) is 35.0. The SMILES string of the molecule is COc1cccc(COP(Oc2ccccc2C=O)Oc2ccccc2C=O)c1OP(Oc1ccccc1C=O)Oc1ccccc1CO. The van der Waals surface area contributed by atoms with E-state index >= 15 is 0 Å². The van der Waals surface area contributed by atoms with Gasteiger partial charge in [0.05, 0.1) is 37.0 Å². The molecule has 0 saturated heterocycles. The van der Waals surface area contributed by atoms with Crippen LogP contribution in [0.25, 0.3) is 0 Å². The number of aliphatic hydroxyl groups is 1. The van der Waals surface area contributed by atoms with Crippen molar-refractivity contribution in [2.45, 2.75) is 13.2 Å². The number of hydrogen-bond donors (Lipinski definition) is 1. The number of aldehydes is 3.